The quantitative estimate of drug-likeness (QED) is 0.787. The van der Waals surface area contributed by atoms with Crippen LogP contribution in [0.15, 0.2) is 10.8 Å². The summed E-state index contributed by atoms with van der Waals surface area (Å²) in [6.45, 7) is 4.93. The molecule has 3 saturated carbocycles. The van der Waals surface area contributed by atoms with Gasteiger partial charge in [0.1, 0.15) is 6.26 Å². The van der Waals surface area contributed by atoms with Crippen LogP contribution < -0.4 is 0 Å². The highest BCUT2D eigenvalue weighted by atomic mass is 16.5. The molecule has 1 heterocycles. The van der Waals surface area contributed by atoms with E-state index in [1.165, 1.54) is 43.4 Å². The molecular weight excluding hydrogens is 286 g/mol. The van der Waals surface area contributed by atoms with Crippen molar-refractivity contribution in [3.05, 3.63) is 17.5 Å². The minimum absolute atomic E-state index is 0.0602. The summed E-state index contributed by atoms with van der Waals surface area (Å²) < 4.78 is 5.27. The second kappa shape index (κ2) is 4.62. The van der Waals surface area contributed by atoms with Crippen LogP contribution in [0.1, 0.15) is 63.6 Å². The summed E-state index contributed by atoms with van der Waals surface area (Å²) in [5, 5.41) is 14.8. The van der Waals surface area contributed by atoms with E-state index in [1.807, 2.05) is 6.26 Å². The molecule has 5 rings (SSSR count). The zero-order valence-corrected chi connectivity index (χ0v) is 14.4. The lowest BCUT2D eigenvalue weighted by atomic mass is 9.45. The zero-order chi connectivity index (χ0) is 15.8. The van der Waals surface area contributed by atoms with Crippen LogP contribution in [0.25, 0.3) is 0 Å². The van der Waals surface area contributed by atoms with Crippen molar-refractivity contribution in [1.29, 1.82) is 0 Å². The molecule has 0 aromatic carbocycles. The van der Waals surface area contributed by atoms with Gasteiger partial charge in [-0.3, -0.25) is 0 Å². The molecule has 1 aromatic rings. The van der Waals surface area contributed by atoms with Crippen molar-refractivity contribution >= 4 is 0 Å². The van der Waals surface area contributed by atoms with Gasteiger partial charge in [-0.25, -0.2) is 0 Å². The highest BCUT2D eigenvalue weighted by Gasteiger charge is 2.60. The summed E-state index contributed by atoms with van der Waals surface area (Å²) in [5.74, 6) is 3.18. The highest BCUT2D eigenvalue weighted by molar-refractivity contribution is 5.24. The molecule has 4 aliphatic rings. The van der Waals surface area contributed by atoms with E-state index in [9.17, 15) is 5.11 Å². The van der Waals surface area contributed by atoms with Gasteiger partial charge in [-0.2, -0.15) is 0 Å². The first-order valence-electron chi connectivity index (χ1n) is 9.62. The van der Waals surface area contributed by atoms with Crippen molar-refractivity contribution in [3.63, 3.8) is 0 Å². The fourth-order valence-corrected chi connectivity index (χ4v) is 7.35. The molecule has 0 bridgehead atoms. The average molecular weight is 315 g/mol. The van der Waals surface area contributed by atoms with E-state index in [0.29, 0.717) is 5.41 Å². The van der Waals surface area contributed by atoms with Gasteiger partial charge in [-0.05, 0) is 85.9 Å². The van der Waals surface area contributed by atoms with Crippen molar-refractivity contribution < 1.29 is 9.63 Å². The molecule has 0 radical (unpaired) electrons. The van der Waals surface area contributed by atoms with Crippen LogP contribution in [0.2, 0.25) is 0 Å². The average Bonchev–Trinajstić information content (AvgIpc) is 3.08. The maximum atomic E-state index is 10.6. The van der Waals surface area contributed by atoms with E-state index in [4.69, 9.17) is 4.52 Å². The van der Waals surface area contributed by atoms with Crippen LogP contribution in [0.3, 0.4) is 0 Å². The molecule has 0 aliphatic heterocycles. The maximum absolute atomic E-state index is 10.6. The third-order valence-corrected chi connectivity index (χ3v) is 8.75. The lowest BCUT2D eigenvalue weighted by molar-refractivity contribution is -0.111. The second-order valence-corrected chi connectivity index (χ2v) is 9.46. The van der Waals surface area contributed by atoms with Gasteiger partial charge < -0.3 is 9.63 Å². The third kappa shape index (κ3) is 1.78. The molecule has 126 valence electrons. The van der Waals surface area contributed by atoms with Gasteiger partial charge in [0.25, 0.3) is 0 Å². The van der Waals surface area contributed by atoms with Crippen molar-refractivity contribution in [2.75, 3.05) is 0 Å². The first-order valence-corrected chi connectivity index (χ1v) is 9.62. The van der Waals surface area contributed by atoms with Crippen molar-refractivity contribution in [2.24, 2.45) is 34.5 Å². The molecule has 0 saturated heterocycles. The Labute approximate surface area is 138 Å². The second-order valence-electron chi connectivity index (χ2n) is 9.46. The van der Waals surface area contributed by atoms with E-state index in [-0.39, 0.29) is 11.5 Å². The topological polar surface area (TPSA) is 46.3 Å². The van der Waals surface area contributed by atoms with Crippen LogP contribution in [0.4, 0.5) is 0 Å². The summed E-state index contributed by atoms with van der Waals surface area (Å²) in [6.07, 6.45) is 11.6. The first kappa shape index (κ1) is 14.5. The Morgan fingerprint density at radius 1 is 1.09 bits per heavy atom. The molecule has 1 aromatic heterocycles. The van der Waals surface area contributed by atoms with Crippen LogP contribution in [0.5, 0.6) is 0 Å². The molecule has 4 aliphatic carbocycles. The predicted molar refractivity (Wildman–Crippen MR) is 87.8 cm³/mol. The van der Waals surface area contributed by atoms with Crippen LogP contribution in [-0.2, 0) is 12.8 Å². The molecule has 3 heteroatoms. The molecule has 7 atom stereocenters. The number of aliphatic hydroxyl groups excluding tert-OH is 1. The van der Waals surface area contributed by atoms with Gasteiger partial charge >= 0.3 is 0 Å². The minimum atomic E-state index is -0.0602. The molecule has 0 spiro atoms. The summed E-state index contributed by atoms with van der Waals surface area (Å²) in [4.78, 5) is 0. The van der Waals surface area contributed by atoms with E-state index in [1.54, 1.807) is 0 Å². The molecule has 0 unspecified atom stereocenters. The predicted octanol–water partition coefficient (Wildman–Crippen LogP) is 3.99. The maximum Gasteiger partial charge on any atom is 0.127 e. The lowest BCUT2D eigenvalue weighted by Gasteiger charge is -2.59. The van der Waals surface area contributed by atoms with E-state index < -0.39 is 0 Å². The number of aromatic nitrogens is 1. The minimum Gasteiger partial charge on any atom is -0.393 e. The number of nitrogens with zero attached hydrogens (tertiary/aromatic N) is 1. The van der Waals surface area contributed by atoms with Crippen molar-refractivity contribution in [3.8, 4) is 0 Å². The lowest BCUT2D eigenvalue weighted by Crippen LogP contribution is -2.54. The van der Waals surface area contributed by atoms with E-state index in [2.05, 4.69) is 19.0 Å². The smallest absolute Gasteiger partial charge is 0.127 e. The number of aliphatic hydroxyl groups is 1. The standard InChI is InChI=1S/C20H29NO2/c1-19-8-7-16-14(15(19)5-6-18(19)22)4-3-13-9-17-12(11-23-21-17)10-20(13,16)2/h11,13-16,18,22H,3-10H2,1-2H3/t13-,14-,15-,16-,18-,19-,20-/m0/s1. The molecule has 1 N–H and O–H groups in total. The van der Waals surface area contributed by atoms with Gasteiger partial charge in [0.15, 0.2) is 0 Å². The largest absolute Gasteiger partial charge is 0.393 e. The Bertz CT molecular complexity index is 625. The van der Waals surface area contributed by atoms with Gasteiger partial charge in [0.05, 0.1) is 11.8 Å². The van der Waals surface area contributed by atoms with Crippen LogP contribution in [-0.4, -0.2) is 16.4 Å². The van der Waals surface area contributed by atoms with Gasteiger partial charge in [0, 0.05) is 5.56 Å². The van der Waals surface area contributed by atoms with E-state index >= 15 is 0 Å². The molecule has 0 amide bonds. The fraction of sp³-hybridized carbons (Fsp3) is 0.850. The number of fused-ring (bicyclic) bond motifs is 6. The van der Waals surface area contributed by atoms with Crippen molar-refractivity contribution in [2.45, 2.75) is 71.3 Å². The molecular formula is C20H29NO2. The fourth-order valence-electron chi connectivity index (χ4n) is 7.35. The summed E-state index contributed by atoms with van der Waals surface area (Å²) >= 11 is 0. The molecule has 23 heavy (non-hydrogen) atoms. The van der Waals surface area contributed by atoms with Crippen molar-refractivity contribution in [1.82, 2.24) is 5.16 Å². The Balaban J connectivity index is 1.50. The Morgan fingerprint density at radius 2 is 1.91 bits per heavy atom. The number of rotatable bonds is 0. The molecule has 3 fully saturated rings. The van der Waals surface area contributed by atoms with Gasteiger partial charge in [0.2, 0.25) is 0 Å². The van der Waals surface area contributed by atoms with Crippen LogP contribution >= 0.6 is 0 Å². The summed E-state index contributed by atoms with van der Waals surface area (Å²) in [6, 6.07) is 0. The summed E-state index contributed by atoms with van der Waals surface area (Å²) in [5.41, 5.74) is 3.20. The highest BCUT2D eigenvalue weighted by Crippen LogP contribution is 2.65. The number of hydrogen-bond acceptors (Lipinski definition) is 3. The first-order chi connectivity index (χ1) is 11.0. The third-order valence-electron chi connectivity index (χ3n) is 8.75. The van der Waals surface area contributed by atoms with Gasteiger partial charge in [-0.15, -0.1) is 0 Å². The zero-order valence-electron chi connectivity index (χ0n) is 14.4. The van der Waals surface area contributed by atoms with Crippen LogP contribution in [0, 0.1) is 34.5 Å². The number of hydrogen-bond donors (Lipinski definition) is 1. The van der Waals surface area contributed by atoms with E-state index in [0.717, 1.165) is 42.9 Å². The van der Waals surface area contributed by atoms with Gasteiger partial charge in [-0.1, -0.05) is 19.0 Å². The molecule has 3 nitrogen and oxygen atoms in total. The summed E-state index contributed by atoms with van der Waals surface area (Å²) in [7, 11) is 0. The normalized spacial score (nSPS) is 51.5. The SMILES string of the molecule is C[C@]12Cc3conc3C[C@@H]1CC[C@@H]1[C@@H]2CC[C@]2(C)[C@@H](O)CC[C@@H]12. The monoisotopic (exact) mass is 315 g/mol. The Kier molecular flexibility index (Phi) is 2.92. The Hall–Kier alpha value is -0.830. The Morgan fingerprint density at radius 3 is 2.78 bits per heavy atom.